The number of hydrogen-bond acceptors (Lipinski definition) is 6. The summed E-state index contributed by atoms with van der Waals surface area (Å²) in [7, 11) is 1.68. The summed E-state index contributed by atoms with van der Waals surface area (Å²) in [6, 6.07) is 19.6. The number of amides is 3. The average Bonchev–Trinajstić information content (AvgIpc) is 3.49. The number of thiophene rings is 1. The number of benzene rings is 2. The average molecular weight is 499 g/mol. The number of rotatable bonds is 8. The van der Waals surface area contributed by atoms with Gasteiger partial charge in [0, 0.05) is 42.2 Å². The summed E-state index contributed by atoms with van der Waals surface area (Å²) in [6.45, 7) is 0.222. The molecule has 0 saturated carbocycles. The molecule has 0 unspecified atom stereocenters. The number of hydrogen-bond donors (Lipinski definition) is 2. The van der Waals surface area contributed by atoms with Crippen LogP contribution < -0.4 is 16.0 Å². The molecule has 0 aliphatic rings. The van der Waals surface area contributed by atoms with Gasteiger partial charge in [0.15, 0.2) is 0 Å². The maximum Gasteiger partial charge on any atom is 0.268 e. The highest BCUT2D eigenvalue weighted by atomic mass is 32.1. The van der Waals surface area contributed by atoms with Gasteiger partial charge in [-0.25, -0.2) is 4.98 Å². The number of allylic oxidation sites excluding steroid dienone is 1. The van der Waals surface area contributed by atoms with Crippen molar-refractivity contribution in [2.45, 2.75) is 13.0 Å². The van der Waals surface area contributed by atoms with Crippen molar-refractivity contribution in [3.63, 3.8) is 0 Å². The Labute approximate surface area is 211 Å². The number of carbonyl (C=O) groups is 3. The molecule has 2 aromatic heterocycles. The maximum atomic E-state index is 12.9. The summed E-state index contributed by atoms with van der Waals surface area (Å²) in [5.41, 5.74) is 7.77. The normalized spacial score (nSPS) is 10.9. The van der Waals surface area contributed by atoms with Gasteiger partial charge in [-0.2, -0.15) is 5.26 Å². The van der Waals surface area contributed by atoms with Crippen molar-refractivity contribution in [2.75, 3.05) is 17.3 Å². The van der Waals surface area contributed by atoms with Crippen LogP contribution in [0.15, 0.2) is 66.7 Å². The second-order valence-electron chi connectivity index (χ2n) is 7.83. The van der Waals surface area contributed by atoms with Crippen LogP contribution >= 0.6 is 11.3 Å². The van der Waals surface area contributed by atoms with Gasteiger partial charge in [0.2, 0.25) is 11.9 Å². The fourth-order valence-corrected chi connectivity index (χ4v) is 4.42. The smallest absolute Gasteiger partial charge is 0.268 e. The predicted octanol–water partition coefficient (Wildman–Crippen LogP) is 4.04. The third-order valence-electron chi connectivity index (χ3n) is 5.42. The first-order chi connectivity index (χ1) is 17.4. The van der Waals surface area contributed by atoms with Gasteiger partial charge in [-0.05, 0) is 48.5 Å². The van der Waals surface area contributed by atoms with Crippen molar-refractivity contribution < 1.29 is 14.4 Å². The minimum absolute atomic E-state index is 0.0601. The van der Waals surface area contributed by atoms with Crippen molar-refractivity contribution in [3.8, 4) is 6.07 Å². The summed E-state index contributed by atoms with van der Waals surface area (Å²) in [4.78, 5) is 44.5. The molecule has 0 aliphatic carbocycles. The van der Waals surface area contributed by atoms with Crippen LogP contribution in [0.1, 0.15) is 31.3 Å². The summed E-state index contributed by atoms with van der Waals surface area (Å²) < 4.78 is 1.71. The lowest BCUT2D eigenvalue weighted by atomic mass is 10.2. The van der Waals surface area contributed by atoms with E-state index in [-0.39, 0.29) is 30.7 Å². The summed E-state index contributed by atoms with van der Waals surface area (Å²) in [6.07, 6.45) is 3.02. The second kappa shape index (κ2) is 10.7. The molecule has 0 atom stereocenters. The molecule has 0 spiro atoms. The van der Waals surface area contributed by atoms with Crippen LogP contribution in [0.3, 0.4) is 0 Å². The van der Waals surface area contributed by atoms with Crippen LogP contribution in [-0.4, -0.2) is 34.3 Å². The van der Waals surface area contributed by atoms with Crippen molar-refractivity contribution in [2.24, 2.45) is 5.73 Å². The number of fused-ring (bicyclic) bond motifs is 1. The summed E-state index contributed by atoms with van der Waals surface area (Å²) >= 11 is 1.23. The highest BCUT2D eigenvalue weighted by Gasteiger charge is 2.19. The van der Waals surface area contributed by atoms with E-state index in [0.29, 0.717) is 27.2 Å². The Morgan fingerprint density at radius 2 is 1.94 bits per heavy atom. The zero-order chi connectivity index (χ0) is 25.7. The van der Waals surface area contributed by atoms with Gasteiger partial charge in [0.25, 0.3) is 11.8 Å². The number of nitrogens with two attached hydrogens (primary N) is 1. The number of nitrogens with one attached hydrogen (secondary N) is 1. The SMILES string of the molecule is CN(C(=O)c1ccccc1)c1ccc2c(c1)nc(NC(=O)c1ccc(/C=C/C#N)s1)n2CCC(N)=O. The number of aromatic nitrogens is 2. The highest BCUT2D eigenvalue weighted by Crippen LogP contribution is 2.27. The maximum absolute atomic E-state index is 12.9. The zero-order valence-electron chi connectivity index (χ0n) is 19.3. The van der Waals surface area contributed by atoms with Crippen molar-refractivity contribution in [1.82, 2.24) is 9.55 Å². The fraction of sp³-hybridized carbons (Fsp3) is 0.115. The molecule has 10 heteroatoms. The van der Waals surface area contributed by atoms with Crippen LogP contribution in [0.25, 0.3) is 17.1 Å². The molecule has 4 rings (SSSR count). The molecule has 0 fully saturated rings. The van der Waals surface area contributed by atoms with Crippen molar-refractivity contribution >= 4 is 57.8 Å². The van der Waals surface area contributed by atoms with Crippen LogP contribution in [0.4, 0.5) is 11.6 Å². The van der Waals surface area contributed by atoms with E-state index in [0.717, 1.165) is 4.88 Å². The Morgan fingerprint density at radius 1 is 1.17 bits per heavy atom. The van der Waals surface area contributed by atoms with E-state index in [9.17, 15) is 14.4 Å². The molecule has 0 radical (unpaired) electrons. The Hall–Kier alpha value is -4.75. The quantitative estimate of drug-likeness (QED) is 0.354. The topological polar surface area (TPSA) is 134 Å². The number of aryl methyl sites for hydroxylation is 1. The first-order valence-electron chi connectivity index (χ1n) is 11.0. The highest BCUT2D eigenvalue weighted by molar-refractivity contribution is 7.15. The number of carbonyl (C=O) groups excluding carboxylic acids is 3. The van der Waals surface area contributed by atoms with Crippen LogP contribution in [-0.2, 0) is 11.3 Å². The van der Waals surface area contributed by atoms with E-state index >= 15 is 0 Å². The Kier molecular flexibility index (Phi) is 7.23. The van der Waals surface area contributed by atoms with E-state index in [1.165, 1.54) is 22.3 Å². The lowest BCUT2D eigenvalue weighted by Gasteiger charge is -2.17. The van der Waals surface area contributed by atoms with E-state index in [1.807, 2.05) is 12.1 Å². The third-order valence-corrected chi connectivity index (χ3v) is 6.47. The van der Waals surface area contributed by atoms with Gasteiger partial charge >= 0.3 is 0 Å². The van der Waals surface area contributed by atoms with Crippen LogP contribution in [0, 0.1) is 11.3 Å². The number of nitrogens with zero attached hydrogens (tertiary/aromatic N) is 4. The minimum Gasteiger partial charge on any atom is -0.370 e. The van der Waals surface area contributed by atoms with Gasteiger partial charge in [0.1, 0.15) is 0 Å². The summed E-state index contributed by atoms with van der Waals surface area (Å²) in [5, 5.41) is 11.5. The zero-order valence-corrected chi connectivity index (χ0v) is 20.2. The molecule has 180 valence electrons. The number of primary amides is 1. The standard InChI is InChI=1S/C26H22N6O3S/c1-31(25(35)17-6-3-2-4-7-17)18-9-11-21-20(16-18)29-26(32(21)15-13-23(28)33)30-24(34)22-12-10-19(36-22)8-5-14-27/h2-12,16H,13,15H2,1H3,(H2,28,33)(H,29,30,34)/b8-5+. The molecule has 3 amide bonds. The molecule has 3 N–H and O–H groups in total. The number of anilines is 2. The van der Waals surface area contributed by atoms with Gasteiger partial charge < -0.3 is 15.2 Å². The van der Waals surface area contributed by atoms with Gasteiger partial charge in [-0.15, -0.1) is 11.3 Å². The van der Waals surface area contributed by atoms with Gasteiger partial charge in [0.05, 0.1) is 22.0 Å². The van der Waals surface area contributed by atoms with E-state index in [4.69, 9.17) is 11.0 Å². The van der Waals surface area contributed by atoms with Crippen molar-refractivity contribution in [3.05, 3.63) is 82.1 Å². The van der Waals surface area contributed by atoms with E-state index in [1.54, 1.807) is 72.3 Å². The number of imidazole rings is 1. The molecule has 9 nitrogen and oxygen atoms in total. The monoisotopic (exact) mass is 498 g/mol. The largest absolute Gasteiger partial charge is 0.370 e. The Balaban J connectivity index is 1.65. The van der Waals surface area contributed by atoms with E-state index in [2.05, 4.69) is 10.3 Å². The second-order valence-corrected chi connectivity index (χ2v) is 8.94. The lowest BCUT2D eigenvalue weighted by Crippen LogP contribution is -2.26. The van der Waals surface area contributed by atoms with Crippen LogP contribution in [0.5, 0.6) is 0 Å². The van der Waals surface area contributed by atoms with Crippen LogP contribution in [0.2, 0.25) is 0 Å². The molecule has 36 heavy (non-hydrogen) atoms. The predicted molar refractivity (Wildman–Crippen MR) is 140 cm³/mol. The Morgan fingerprint density at radius 3 is 2.67 bits per heavy atom. The molecular weight excluding hydrogens is 476 g/mol. The third kappa shape index (κ3) is 5.32. The lowest BCUT2D eigenvalue weighted by molar-refractivity contribution is -0.118. The molecule has 2 heterocycles. The van der Waals surface area contributed by atoms with Gasteiger partial charge in [-0.3, -0.25) is 19.7 Å². The summed E-state index contributed by atoms with van der Waals surface area (Å²) in [5.74, 6) is -0.765. The molecule has 2 aromatic carbocycles. The molecule has 0 aliphatic heterocycles. The fourth-order valence-electron chi connectivity index (χ4n) is 3.61. The minimum atomic E-state index is -0.480. The first kappa shape index (κ1) is 24.4. The van der Waals surface area contributed by atoms with E-state index < -0.39 is 5.91 Å². The first-order valence-corrected chi connectivity index (χ1v) is 11.8. The molecule has 0 bridgehead atoms. The number of nitriles is 1. The molecule has 4 aromatic rings. The Bertz CT molecular complexity index is 1510. The van der Waals surface area contributed by atoms with Crippen molar-refractivity contribution in [1.29, 1.82) is 5.26 Å². The molecular formula is C26H22N6O3S. The molecule has 0 saturated heterocycles. The van der Waals surface area contributed by atoms with Gasteiger partial charge in [-0.1, -0.05) is 18.2 Å².